The van der Waals surface area contributed by atoms with Crippen molar-refractivity contribution >= 4 is 23.2 Å². The highest BCUT2D eigenvalue weighted by Gasteiger charge is 2.49. The van der Waals surface area contributed by atoms with Gasteiger partial charge in [0.15, 0.2) is 6.10 Å². The number of anilines is 1. The number of rotatable bonds is 6. The number of ether oxygens (including phenoxy) is 1. The number of nitriles is 1. The number of halogens is 4. The van der Waals surface area contributed by atoms with Gasteiger partial charge in [-0.2, -0.15) is 23.5 Å². The summed E-state index contributed by atoms with van der Waals surface area (Å²) in [5.41, 5.74) is 3.18. The first-order chi connectivity index (χ1) is 21.4. The summed E-state index contributed by atoms with van der Waals surface area (Å²) < 4.78 is 52.3. The van der Waals surface area contributed by atoms with Crippen molar-refractivity contribution in [2.24, 2.45) is 0 Å². The summed E-state index contributed by atoms with van der Waals surface area (Å²) in [6, 6.07) is 13.3. The number of carboxylic acids is 1. The molecule has 3 aliphatic heterocycles. The fourth-order valence-corrected chi connectivity index (χ4v) is 5.46. The molecule has 3 fully saturated rings. The fraction of sp³-hybridized carbons (Fsp3) is 0.300. The molecule has 1 aromatic carbocycles. The Balaban J connectivity index is 0.000000515. The molecule has 3 saturated heterocycles. The smallest absolute Gasteiger partial charge is 0.490 e. The molecular formula is C30H26F4N6O5. The van der Waals surface area contributed by atoms with Crippen molar-refractivity contribution in [3.05, 3.63) is 78.0 Å². The first-order valence-corrected chi connectivity index (χ1v) is 13.7. The minimum atomic E-state index is -5.08. The number of carboxylic acid groups (broad SMARTS) is 1. The molecule has 2 N–H and O–H groups in total. The van der Waals surface area contributed by atoms with Crippen LogP contribution < -0.4 is 9.64 Å². The SMILES string of the molecule is CCOc1cc(-c2ccc(N3CC4CC(C3)N4C(=O)C(O)c3ccc(F)cc3)nc2)c2c(C#N)cnn2c1.O=C(O)C(F)(F)F. The van der Waals surface area contributed by atoms with Gasteiger partial charge in [0.25, 0.3) is 5.91 Å². The first kappa shape index (κ1) is 31.2. The van der Waals surface area contributed by atoms with Gasteiger partial charge in [-0.1, -0.05) is 12.1 Å². The maximum absolute atomic E-state index is 13.2. The molecule has 2 bridgehead atoms. The number of aromatic nitrogens is 3. The van der Waals surface area contributed by atoms with Crippen molar-refractivity contribution in [3.63, 3.8) is 0 Å². The Kier molecular flexibility index (Phi) is 8.60. The second kappa shape index (κ2) is 12.4. The Labute approximate surface area is 253 Å². The van der Waals surface area contributed by atoms with Gasteiger partial charge in [-0.25, -0.2) is 18.7 Å². The quantitative estimate of drug-likeness (QED) is 0.304. The van der Waals surface area contributed by atoms with Crippen molar-refractivity contribution < 1.29 is 42.1 Å². The van der Waals surface area contributed by atoms with Gasteiger partial charge < -0.3 is 24.7 Å². The number of carbonyl (C=O) groups excluding carboxylic acids is 1. The molecule has 0 radical (unpaired) electrons. The number of carbonyl (C=O) groups is 2. The minimum Gasteiger partial charge on any atom is -0.492 e. The van der Waals surface area contributed by atoms with Gasteiger partial charge in [0.05, 0.1) is 42.2 Å². The second-order valence-electron chi connectivity index (χ2n) is 10.3. The lowest BCUT2D eigenvalue weighted by molar-refractivity contribution is -0.192. The third kappa shape index (κ3) is 6.36. The van der Waals surface area contributed by atoms with Crippen molar-refractivity contribution in [3.8, 4) is 22.9 Å². The average Bonchev–Trinajstić information content (AvgIpc) is 3.44. The van der Waals surface area contributed by atoms with E-state index >= 15 is 0 Å². The zero-order chi connectivity index (χ0) is 32.5. The molecule has 6 heterocycles. The highest BCUT2D eigenvalue weighted by Crippen LogP contribution is 2.37. The Bertz CT molecular complexity index is 1740. The third-order valence-corrected chi connectivity index (χ3v) is 7.51. The molecule has 11 nitrogen and oxygen atoms in total. The number of aliphatic hydroxyl groups excluding tert-OH is 1. The molecule has 45 heavy (non-hydrogen) atoms. The number of hydrogen-bond acceptors (Lipinski definition) is 8. The van der Waals surface area contributed by atoms with E-state index in [1.165, 1.54) is 30.5 Å². The number of piperidine rings is 1. The van der Waals surface area contributed by atoms with E-state index in [1.807, 2.05) is 25.1 Å². The molecule has 3 aromatic heterocycles. The Morgan fingerprint density at radius 2 is 1.80 bits per heavy atom. The molecular weight excluding hydrogens is 600 g/mol. The van der Waals surface area contributed by atoms with E-state index in [0.29, 0.717) is 42.1 Å². The van der Waals surface area contributed by atoms with Crippen LogP contribution in [0.25, 0.3) is 16.6 Å². The van der Waals surface area contributed by atoms with Gasteiger partial charge in [-0.05, 0) is 49.2 Å². The van der Waals surface area contributed by atoms with E-state index in [0.717, 1.165) is 23.4 Å². The molecule has 0 spiro atoms. The monoisotopic (exact) mass is 626 g/mol. The molecule has 3 unspecified atom stereocenters. The largest absolute Gasteiger partial charge is 0.492 e. The number of fused-ring (bicyclic) bond motifs is 3. The number of aliphatic carboxylic acids is 1. The Hall–Kier alpha value is -5.23. The number of hydrogen-bond donors (Lipinski definition) is 2. The molecule has 234 valence electrons. The zero-order valence-electron chi connectivity index (χ0n) is 23.6. The van der Waals surface area contributed by atoms with E-state index in [9.17, 15) is 32.7 Å². The van der Waals surface area contributed by atoms with E-state index in [4.69, 9.17) is 19.6 Å². The average molecular weight is 627 g/mol. The molecule has 15 heteroatoms. The normalized spacial score (nSPS) is 17.9. The van der Waals surface area contributed by atoms with E-state index in [2.05, 4.69) is 16.1 Å². The van der Waals surface area contributed by atoms with E-state index in [1.54, 1.807) is 21.8 Å². The Morgan fingerprint density at radius 1 is 1.13 bits per heavy atom. The number of amides is 1. The lowest BCUT2D eigenvalue weighted by Gasteiger charge is -2.57. The summed E-state index contributed by atoms with van der Waals surface area (Å²) in [6.07, 6.45) is -0.454. The maximum atomic E-state index is 13.2. The van der Waals surface area contributed by atoms with E-state index in [-0.39, 0.29) is 18.0 Å². The molecule has 3 aliphatic rings. The lowest BCUT2D eigenvalue weighted by Crippen LogP contribution is -2.71. The van der Waals surface area contributed by atoms with Crippen LogP contribution in [-0.4, -0.2) is 79.5 Å². The van der Waals surface area contributed by atoms with Crippen LogP contribution in [-0.2, 0) is 9.59 Å². The predicted octanol–water partition coefficient (Wildman–Crippen LogP) is 3.96. The van der Waals surface area contributed by atoms with Gasteiger partial charge in [-0.15, -0.1) is 0 Å². The standard InChI is InChI=1S/C28H25FN6O3.C2HF3O2/c1-2-38-23-10-24(26-19(11-30)13-32-34(26)16-23)18-5-8-25(31-12-18)33-14-21-9-22(15-33)35(21)28(37)27(36)17-3-6-20(29)7-4-17;3-2(4,5)1(6)7/h3-8,10,12-13,16,21-22,27,36H,2,9,14-15H2,1H3;(H,6,7). The van der Waals surface area contributed by atoms with Gasteiger partial charge in [0.1, 0.15) is 23.5 Å². The Morgan fingerprint density at radius 3 is 2.36 bits per heavy atom. The summed E-state index contributed by atoms with van der Waals surface area (Å²) >= 11 is 0. The number of nitrogens with zero attached hydrogens (tertiary/aromatic N) is 6. The highest BCUT2D eigenvalue weighted by molar-refractivity contribution is 5.86. The summed E-state index contributed by atoms with van der Waals surface area (Å²) in [7, 11) is 0. The summed E-state index contributed by atoms with van der Waals surface area (Å²) in [5, 5.41) is 31.6. The molecule has 0 aliphatic carbocycles. The number of pyridine rings is 2. The van der Waals surface area contributed by atoms with E-state index < -0.39 is 24.1 Å². The molecule has 0 saturated carbocycles. The summed E-state index contributed by atoms with van der Waals surface area (Å²) in [5.74, 6) is -2.08. The number of alkyl halides is 3. The van der Waals surface area contributed by atoms with Crippen LogP contribution in [0.4, 0.5) is 23.4 Å². The van der Waals surface area contributed by atoms with Crippen LogP contribution in [0.15, 0.2) is 61.1 Å². The van der Waals surface area contributed by atoms with Crippen LogP contribution in [0, 0.1) is 17.1 Å². The van der Waals surface area contributed by atoms with Gasteiger partial charge >= 0.3 is 12.1 Å². The van der Waals surface area contributed by atoms with Crippen molar-refractivity contribution in [1.82, 2.24) is 19.5 Å². The number of benzene rings is 1. The number of aliphatic hydroxyl groups is 1. The highest BCUT2D eigenvalue weighted by atomic mass is 19.4. The van der Waals surface area contributed by atoms with Crippen LogP contribution in [0.2, 0.25) is 0 Å². The molecule has 1 amide bonds. The van der Waals surface area contributed by atoms with Gasteiger partial charge in [0, 0.05) is 30.4 Å². The van der Waals surface area contributed by atoms with Gasteiger partial charge in [-0.3, -0.25) is 4.79 Å². The second-order valence-corrected chi connectivity index (χ2v) is 10.3. The fourth-order valence-electron chi connectivity index (χ4n) is 5.46. The van der Waals surface area contributed by atoms with Crippen LogP contribution in [0.3, 0.4) is 0 Å². The topological polar surface area (TPSA) is 144 Å². The predicted molar refractivity (Wildman–Crippen MR) is 151 cm³/mol. The minimum absolute atomic E-state index is 0.0229. The molecule has 3 atom stereocenters. The summed E-state index contributed by atoms with van der Waals surface area (Å²) in [6.45, 7) is 3.63. The zero-order valence-corrected chi connectivity index (χ0v) is 23.6. The van der Waals surface area contributed by atoms with Crippen LogP contribution >= 0.6 is 0 Å². The van der Waals surface area contributed by atoms with Crippen molar-refractivity contribution in [1.29, 1.82) is 5.26 Å². The lowest BCUT2D eigenvalue weighted by atomic mass is 9.86. The van der Waals surface area contributed by atoms with Crippen LogP contribution in [0.5, 0.6) is 5.75 Å². The third-order valence-electron chi connectivity index (χ3n) is 7.51. The van der Waals surface area contributed by atoms with Crippen LogP contribution in [0.1, 0.15) is 30.6 Å². The summed E-state index contributed by atoms with van der Waals surface area (Å²) in [4.78, 5) is 30.5. The number of piperazine rings is 1. The van der Waals surface area contributed by atoms with Crippen molar-refractivity contribution in [2.75, 3.05) is 24.6 Å². The maximum Gasteiger partial charge on any atom is 0.490 e. The molecule has 7 rings (SSSR count). The van der Waals surface area contributed by atoms with Gasteiger partial charge in [0.2, 0.25) is 0 Å². The first-order valence-electron chi connectivity index (χ1n) is 13.7. The molecule has 4 aromatic rings. The van der Waals surface area contributed by atoms with Crippen molar-refractivity contribution in [2.45, 2.75) is 37.7 Å².